The molecule has 1 aliphatic rings. The molecule has 0 unspecified atom stereocenters. The van der Waals surface area contributed by atoms with E-state index in [0.717, 1.165) is 16.8 Å². The molecule has 25 heavy (non-hydrogen) atoms. The van der Waals surface area contributed by atoms with E-state index in [9.17, 15) is 9.59 Å². The van der Waals surface area contributed by atoms with Gasteiger partial charge in [-0.05, 0) is 55.8 Å². The predicted molar refractivity (Wildman–Crippen MR) is 99.3 cm³/mol. The number of amides is 2. The second-order valence-electron chi connectivity index (χ2n) is 5.91. The number of aryl methyl sites for hydroxylation is 2. The molecule has 2 N–H and O–H groups in total. The molecular weight excluding hydrogens is 338 g/mol. The maximum atomic E-state index is 12.5. The van der Waals surface area contributed by atoms with E-state index in [0.29, 0.717) is 16.4 Å². The summed E-state index contributed by atoms with van der Waals surface area (Å²) in [5.41, 5.74) is 6.69. The molecule has 0 atom stereocenters. The van der Waals surface area contributed by atoms with Crippen molar-refractivity contribution in [3.8, 4) is 0 Å². The standard InChI is InChI=1S/C19H18ClN3O2/c1-12-3-8-16(13(2)11-12)21-19(25)17-9-10-18(24)23(22-17)15-6-4-14(20)5-7-15/h3-9,11,22H,10H2,1-2H3,(H,21,25). The van der Waals surface area contributed by atoms with Gasteiger partial charge in [0.15, 0.2) is 0 Å². The van der Waals surface area contributed by atoms with Crippen molar-refractivity contribution in [3.05, 3.63) is 70.4 Å². The highest BCUT2D eigenvalue weighted by molar-refractivity contribution is 6.30. The first-order valence-corrected chi connectivity index (χ1v) is 8.26. The van der Waals surface area contributed by atoms with E-state index in [1.165, 1.54) is 5.01 Å². The molecule has 1 aliphatic heterocycles. The van der Waals surface area contributed by atoms with Gasteiger partial charge in [0.25, 0.3) is 5.91 Å². The average molecular weight is 356 g/mol. The van der Waals surface area contributed by atoms with Gasteiger partial charge in [-0.3, -0.25) is 15.0 Å². The molecule has 2 amide bonds. The first-order chi connectivity index (χ1) is 11.9. The Morgan fingerprint density at radius 1 is 1.16 bits per heavy atom. The quantitative estimate of drug-likeness (QED) is 0.882. The lowest BCUT2D eigenvalue weighted by molar-refractivity contribution is -0.119. The van der Waals surface area contributed by atoms with Gasteiger partial charge in [0, 0.05) is 17.1 Å². The van der Waals surface area contributed by atoms with Crippen LogP contribution in [0.25, 0.3) is 0 Å². The molecule has 3 rings (SSSR count). The van der Waals surface area contributed by atoms with E-state index in [-0.39, 0.29) is 18.2 Å². The number of rotatable bonds is 3. The van der Waals surface area contributed by atoms with Crippen LogP contribution in [0.5, 0.6) is 0 Å². The van der Waals surface area contributed by atoms with Crippen molar-refractivity contribution in [3.63, 3.8) is 0 Å². The summed E-state index contributed by atoms with van der Waals surface area (Å²) in [5, 5.41) is 4.81. The number of nitrogens with one attached hydrogen (secondary N) is 2. The Hall–Kier alpha value is -2.79. The molecule has 0 aromatic heterocycles. The summed E-state index contributed by atoms with van der Waals surface area (Å²) in [7, 11) is 0. The van der Waals surface area contributed by atoms with Crippen molar-refractivity contribution in [2.75, 3.05) is 10.3 Å². The Labute approximate surface area is 151 Å². The van der Waals surface area contributed by atoms with Crippen molar-refractivity contribution in [1.29, 1.82) is 0 Å². The van der Waals surface area contributed by atoms with Crippen molar-refractivity contribution in [2.45, 2.75) is 20.3 Å². The minimum atomic E-state index is -0.293. The van der Waals surface area contributed by atoms with Crippen LogP contribution in [0.15, 0.2) is 54.2 Å². The average Bonchev–Trinajstić information content (AvgIpc) is 2.58. The normalized spacial score (nSPS) is 14.0. The lowest BCUT2D eigenvalue weighted by Gasteiger charge is -2.28. The smallest absolute Gasteiger partial charge is 0.273 e. The highest BCUT2D eigenvalue weighted by atomic mass is 35.5. The number of nitrogens with zero attached hydrogens (tertiary/aromatic N) is 1. The number of hydrogen-bond acceptors (Lipinski definition) is 3. The zero-order chi connectivity index (χ0) is 18.0. The van der Waals surface area contributed by atoms with Crippen LogP contribution in [0.3, 0.4) is 0 Å². The maximum Gasteiger partial charge on any atom is 0.273 e. The Morgan fingerprint density at radius 3 is 2.56 bits per heavy atom. The molecule has 0 saturated heterocycles. The number of carbonyl (C=O) groups is 2. The third-order valence-electron chi connectivity index (χ3n) is 3.92. The first kappa shape index (κ1) is 17.0. The number of anilines is 2. The Morgan fingerprint density at radius 2 is 1.88 bits per heavy atom. The molecule has 0 fully saturated rings. The largest absolute Gasteiger partial charge is 0.320 e. The maximum absolute atomic E-state index is 12.5. The van der Waals surface area contributed by atoms with Crippen molar-refractivity contribution in [2.24, 2.45) is 0 Å². The van der Waals surface area contributed by atoms with Crippen LogP contribution in [0.1, 0.15) is 17.5 Å². The molecule has 128 valence electrons. The minimum absolute atomic E-state index is 0.144. The van der Waals surface area contributed by atoms with Gasteiger partial charge in [-0.15, -0.1) is 0 Å². The van der Waals surface area contributed by atoms with Gasteiger partial charge < -0.3 is 5.32 Å². The number of benzene rings is 2. The fourth-order valence-corrected chi connectivity index (χ4v) is 2.72. The van der Waals surface area contributed by atoms with Gasteiger partial charge in [0.05, 0.1) is 5.69 Å². The highest BCUT2D eigenvalue weighted by Crippen LogP contribution is 2.21. The molecule has 0 saturated carbocycles. The summed E-state index contributed by atoms with van der Waals surface area (Å²) in [6.45, 7) is 3.94. The van der Waals surface area contributed by atoms with E-state index >= 15 is 0 Å². The van der Waals surface area contributed by atoms with Gasteiger partial charge in [-0.1, -0.05) is 29.3 Å². The lowest BCUT2D eigenvalue weighted by Crippen LogP contribution is -2.47. The molecular formula is C19H18ClN3O2. The van der Waals surface area contributed by atoms with Crippen LogP contribution in [0.4, 0.5) is 11.4 Å². The fourth-order valence-electron chi connectivity index (χ4n) is 2.59. The Bertz CT molecular complexity index is 859. The molecule has 0 aliphatic carbocycles. The van der Waals surface area contributed by atoms with E-state index in [4.69, 9.17) is 11.6 Å². The molecule has 6 heteroatoms. The number of carbonyl (C=O) groups excluding carboxylic acids is 2. The second kappa shape index (κ2) is 6.99. The van der Waals surface area contributed by atoms with Gasteiger partial charge >= 0.3 is 0 Å². The van der Waals surface area contributed by atoms with Crippen molar-refractivity contribution >= 4 is 34.8 Å². The van der Waals surface area contributed by atoms with Crippen LogP contribution in [0.2, 0.25) is 5.02 Å². The van der Waals surface area contributed by atoms with E-state index in [2.05, 4.69) is 10.7 Å². The monoisotopic (exact) mass is 355 g/mol. The summed E-state index contributed by atoms with van der Waals surface area (Å²) >= 11 is 5.88. The van der Waals surface area contributed by atoms with Crippen LogP contribution >= 0.6 is 11.6 Å². The van der Waals surface area contributed by atoms with E-state index in [1.807, 2.05) is 32.0 Å². The second-order valence-corrected chi connectivity index (χ2v) is 6.35. The minimum Gasteiger partial charge on any atom is -0.320 e. The molecule has 1 heterocycles. The van der Waals surface area contributed by atoms with Crippen LogP contribution in [0, 0.1) is 13.8 Å². The molecule has 2 aromatic rings. The molecule has 0 bridgehead atoms. The molecule has 2 aromatic carbocycles. The van der Waals surface area contributed by atoms with Crippen LogP contribution < -0.4 is 15.8 Å². The van der Waals surface area contributed by atoms with E-state index < -0.39 is 0 Å². The number of hydrazine groups is 1. The number of halogens is 1. The SMILES string of the molecule is Cc1ccc(NC(=O)C2=CCC(=O)N(c3ccc(Cl)cc3)N2)c(C)c1. The summed E-state index contributed by atoms with van der Waals surface area (Å²) in [5.74, 6) is -0.441. The third-order valence-corrected chi connectivity index (χ3v) is 4.17. The fraction of sp³-hybridized carbons (Fsp3) is 0.158. The van der Waals surface area contributed by atoms with Gasteiger partial charge in [0.2, 0.25) is 5.91 Å². The summed E-state index contributed by atoms with van der Waals surface area (Å²) < 4.78 is 0. The molecule has 5 nitrogen and oxygen atoms in total. The highest BCUT2D eigenvalue weighted by Gasteiger charge is 2.24. The third kappa shape index (κ3) is 3.83. The van der Waals surface area contributed by atoms with Gasteiger partial charge in [-0.2, -0.15) is 0 Å². The first-order valence-electron chi connectivity index (χ1n) is 7.88. The summed E-state index contributed by atoms with van der Waals surface area (Å²) in [6.07, 6.45) is 1.73. The van der Waals surface area contributed by atoms with Gasteiger partial charge in [0.1, 0.15) is 5.70 Å². The van der Waals surface area contributed by atoms with Crippen molar-refractivity contribution < 1.29 is 9.59 Å². The van der Waals surface area contributed by atoms with Crippen LogP contribution in [-0.4, -0.2) is 11.8 Å². The zero-order valence-corrected chi connectivity index (χ0v) is 14.7. The summed E-state index contributed by atoms with van der Waals surface area (Å²) in [6, 6.07) is 12.6. The van der Waals surface area contributed by atoms with Crippen LogP contribution in [-0.2, 0) is 9.59 Å². The topological polar surface area (TPSA) is 61.4 Å². The molecule has 0 radical (unpaired) electrons. The zero-order valence-electron chi connectivity index (χ0n) is 14.0. The summed E-state index contributed by atoms with van der Waals surface area (Å²) in [4.78, 5) is 24.7. The lowest BCUT2D eigenvalue weighted by atomic mass is 10.1. The van der Waals surface area contributed by atoms with E-state index in [1.54, 1.807) is 30.3 Å². The number of hydrogen-bond donors (Lipinski definition) is 2. The molecule has 0 spiro atoms. The van der Waals surface area contributed by atoms with Gasteiger partial charge in [-0.25, -0.2) is 5.01 Å². The van der Waals surface area contributed by atoms with Crippen molar-refractivity contribution in [1.82, 2.24) is 5.43 Å². The Kier molecular flexibility index (Phi) is 4.76. The predicted octanol–water partition coefficient (Wildman–Crippen LogP) is 3.72. The Balaban J connectivity index is 1.77.